The van der Waals surface area contributed by atoms with Crippen molar-refractivity contribution >= 4 is 124 Å². The Labute approximate surface area is 611 Å². The summed E-state index contributed by atoms with van der Waals surface area (Å²) in [4.78, 5) is 63.2. The second kappa shape index (κ2) is 27.7. The lowest BCUT2D eigenvalue weighted by Crippen LogP contribution is -2.37. The predicted molar refractivity (Wildman–Crippen MR) is 419 cm³/mol. The first-order chi connectivity index (χ1) is 49.7. The molecule has 4 unspecified atom stereocenters. The average Bonchev–Trinajstić information content (AvgIpc) is 1.49. The van der Waals surface area contributed by atoms with Gasteiger partial charge in [-0.1, -0.05) is 205 Å². The number of benzene rings is 8. The molecule has 0 radical (unpaired) electrons. The zero-order valence-electron chi connectivity index (χ0n) is 59.4. The molecule has 0 saturated heterocycles. The number of hydrogen-bond donors (Lipinski definition) is 0. The number of unbranched alkanes of at least 4 members (excludes halogenated alkanes) is 8. The number of nitrogens with zero attached hydrogens (tertiary/aromatic N) is 6. The Hall–Kier alpha value is -8.28. The van der Waals surface area contributed by atoms with Crippen molar-refractivity contribution in [2.24, 2.45) is 11.8 Å². The lowest BCUT2D eigenvalue weighted by atomic mass is 9.89. The molecular weight excluding hydrogens is 1350 g/mol. The number of amides is 4. The lowest BCUT2D eigenvalue weighted by molar-refractivity contribution is 0.0572. The van der Waals surface area contributed by atoms with E-state index in [1.165, 1.54) is 32.5 Å². The van der Waals surface area contributed by atoms with E-state index in [-0.39, 0.29) is 68.6 Å². The average molecular weight is 1430 g/mol. The van der Waals surface area contributed by atoms with Gasteiger partial charge in [-0.3, -0.25) is 29.0 Å². The fraction of sp³-hybridized carbons (Fsp3) is 0.372. The van der Waals surface area contributed by atoms with Gasteiger partial charge >= 0.3 is 0 Å². The minimum Gasteiger partial charge on any atom is -0.272 e. The van der Waals surface area contributed by atoms with Crippen LogP contribution in [0.3, 0.4) is 0 Å². The van der Waals surface area contributed by atoms with Crippen LogP contribution < -0.4 is 0 Å². The lowest BCUT2D eigenvalue weighted by Gasteiger charge is -2.22. The molecule has 16 heteroatoms. The highest BCUT2D eigenvalue weighted by Gasteiger charge is 2.43. The third-order valence-electron chi connectivity index (χ3n) is 22.9. The highest BCUT2D eigenvalue weighted by molar-refractivity contribution is 7.19. The van der Waals surface area contributed by atoms with Crippen molar-refractivity contribution in [2.75, 3.05) is 0 Å². The molecule has 2 aliphatic carbocycles. The third kappa shape index (κ3) is 11.0. The van der Waals surface area contributed by atoms with Gasteiger partial charge in [0, 0.05) is 31.6 Å². The van der Waals surface area contributed by atoms with Crippen LogP contribution >= 0.6 is 46.1 Å². The summed E-state index contributed by atoms with van der Waals surface area (Å²) in [7, 11) is 0. The summed E-state index contributed by atoms with van der Waals surface area (Å²) in [5.74, 6) is -1.42. The second-order valence-corrected chi connectivity index (χ2v) is 32.4. The van der Waals surface area contributed by atoms with Crippen LogP contribution in [0.4, 0.5) is 8.78 Å². The fourth-order valence-electron chi connectivity index (χ4n) is 17.4. The van der Waals surface area contributed by atoms with Gasteiger partial charge in [0.25, 0.3) is 23.6 Å². The van der Waals surface area contributed by atoms with Gasteiger partial charge in [-0.05, 0) is 176 Å². The zero-order chi connectivity index (χ0) is 70.5. The molecule has 0 fully saturated rings. The molecule has 4 aliphatic rings. The van der Waals surface area contributed by atoms with Crippen molar-refractivity contribution in [1.29, 1.82) is 0 Å². The molecule has 0 saturated carbocycles. The molecule has 4 atom stereocenters. The van der Waals surface area contributed by atoms with E-state index in [0.29, 0.717) is 54.9 Å². The van der Waals surface area contributed by atoms with Gasteiger partial charge in [0.2, 0.25) is 0 Å². The topological polar surface area (TPSA) is 126 Å². The summed E-state index contributed by atoms with van der Waals surface area (Å²) in [5, 5.41) is 4.22. The van der Waals surface area contributed by atoms with Crippen LogP contribution in [0.25, 0.3) is 141 Å². The molecule has 4 amide bonds. The number of thiophene rings is 2. The molecule has 0 N–H and O–H groups in total. The first kappa shape index (κ1) is 68.2. The molecule has 102 heavy (non-hydrogen) atoms. The van der Waals surface area contributed by atoms with Gasteiger partial charge in [-0.25, -0.2) is 8.78 Å². The molecule has 0 spiro atoms. The van der Waals surface area contributed by atoms with E-state index >= 15 is 8.78 Å². The molecule has 12 aromatic rings. The SMILES string of the molecule is CCCCCCC(C)N1C(=O)c2cc3c(cc2C1=O)-c1ccc(-c2sc(-c4c(F)c5c6nsnc6c(-c6cc(CC(CC)CCCC)c(-c7ccc8c9c(cccc79)-c7cc9c(cc7-8)C(=O)N(C(C)CCCCCC)C9=O)s6)c(F)c5c5nsnc45)cc2CC(CC)CCCC)c2cccc-3c12. The molecule has 0 bridgehead atoms. The molecule has 6 heterocycles. The van der Waals surface area contributed by atoms with E-state index in [9.17, 15) is 19.2 Å². The molecule has 16 rings (SSSR count). The summed E-state index contributed by atoms with van der Waals surface area (Å²) >= 11 is 4.95. The number of aromatic nitrogens is 4. The summed E-state index contributed by atoms with van der Waals surface area (Å²) in [5.41, 5.74) is 15.4. The number of fused-ring (bicyclic) bond motifs is 13. The maximum Gasteiger partial charge on any atom is 0.261 e. The van der Waals surface area contributed by atoms with Crippen molar-refractivity contribution in [1.82, 2.24) is 27.3 Å². The first-order valence-corrected chi connectivity index (χ1v) is 40.5. The van der Waals surface area contributed by atoms with Crippen molar-refractivity contribution < 1.29 is 28.0 Å². The van der Waals surface area contributed by atoms with Gasteiger partial charge in [0.1, 0.15) is 33.7 Å². The van der Waals surface area contributed by atoms with E-state index in [0.717, 1.165) is 250 Å². The number of rotatable bonds is 28. The Balaban J connectivity index is 0.801. The van der Waals surface area contributed by atoms with Crippen molar-refractivity contribution in [3.05, 3.63) is 142 Å². The standard InChI is InChI=1S/C86H84F2N6O4S4/c1-9-15-19-21-25-45(7)93-83(95)63-41-59-53-31-23-29-51-57(35-33-55(69(51)53)61(59)43-65(63)85(93)97)81-49(37-47(13-5)27-17-11-3)39-67(99-81)71-75(87)73-74(79-77(71)89-101-91-79)76(88)72(78-80(73)92-102-90-78)68-40-50(38-48(14-6)28-18-12-4)82(100-68)58-36-34-56-62-44-66-64(42-60(62)54-32-24-30-52(58)70(54)56)84(96)94(86(66)98)46(8)26-22-20-16-10-2/h23-24,29-36,39-48H,9-22,25-28,37-38H2,1-8H3. The minimum absolute atomic E-state index is 0.0336. The fourth-order valence-corrected chi connectivity index (χ4v) is 21.0. The van der Waals surface area contributed by atoms with Gasteiger partial charge < -0.3 is 0 Å². The normalized spacial score (nSPS) is 14.8. The van der Waals surface area contributed by atoms with Gasteiger partial charge in [0.05, 0.1) is 67.6 Å². The first-order valence-electron chi connectivity index (χ1n) is 37.4. The zero-order valence-corrected chi connectivity index (χ0v) is 62.7. The Kier molecular flexibility index (Phi) is 18.5. The number of halogens is 2. The summed E-state index contributed by atoms with van der Waals surface area (Å²) in [6.07, 6.45) is 20.0. The highest BCUT2D eigenvalue weighted by Crippen LogP contribution is 2.57. The molecule has 2 aliphatic heterocycles. The van der Waals surface area contributed by atoms with Gasteiger partial charge in [-0.15, -0.1) is 22.7 Å². The number of imide groups is 2. The monoisotopic (exact) mass is 1430 g/mol. The van der Waals surface area contributed by atoms with Crippen molar-refractivity contribution in [2.45, 2.75) is 196 Å². The molecular formula is C86H84F2N6O4S4. The van der Waals surface area contributed by atoms with Crippen LogP contribution in [0.5, 0.6) is 0 Å². The molecule has 8 aromatic carbocycles. The molecule has 4 aromatic heterocycles. The predicted octanol–water partition coefficient (Wildman–Crippen LogP) is 24.9. The summed E-state index contributed by atoms with van der Waals surface area (Å²) in [6.45, 7) is 17.3. The second-order valence-electron chi connectivity index (χ2n) is 29.2. The highest BCUT2D eigenvalue weighted by atomic mass is 32.1. The summed E-state index contributed by atoms with van der Waals surface area (Å²) < 4.78 is 57.3. The Morgan fingerprint density at radius 2 is 0.725 bits per heavy atom. The largest absolute Gasteiger partial charge is 0.272 e. The van der Waals surface area contributed by atoms with Gasteiger partial charge in [-0.2, -0.15) is 17.5 Å². The van der Waals surface area contributed by atoms with E-state index < -0.39 is 11.6 Å². The smallest absolute Gasteiger partial charge is 0.261 e. The Morgan fingerprint density at radius 3 is 1.09 bits per heavy atom. The maximum absolute atomic E-state index is 18.9. The van der Waals surface area contributed by atoms with E-state index in [1.807, 2.05) is 38.1 Å². The molecule has 10 nitrogen and oxygen atoms in total. The van der Waals surface area contributed by atoms with E-state index in [4.69, 9.17) is 17.5 Å². The summed E-state index contributed by atoms with van der Waals surface area (Å²) in [6, 6.07) is 33.0. The van der Waals surface area contributed by atoms with Crippen LogP contribution in [0.1, 0.15) is 224 Å². The number of carbonyl (C=O) groups excluding carboxylic acids is 4. The van der Waals surface area contributed by atoms with Crippen LogP contribution in [-0.4, -0.2) is 63.0 Å². The molecule has 520 valence electrons. The Morgan fingerprint density at radius 1 is 0.373 bits per heavy atom. The Bertz CT molecular complexity index is 5020. The number of carbonyl (C=O) groups is 4. The van der Waals surface area contributed by atoms with Crippen LogP contribution in [-0.2, 0) is 12.8 Å². The number of hydrogen-bond acceptors (Lipinski definition) is 12. The van der Waals surface area contributed by atoms with Gasteiger partial charge in [0.15, 0.2) is 0 Å². The van der Waals surface area contributed by atoms with E-state index in [1.54, 1.807) is 0 Å². The quantitative estimate of drug-likeness (QED) is 0.0351. The van der Waals surface area contributed by atoms with E-state index in [2.05, 4.69) is 114 Å². The van der Waals surface area contributed by atoms with Crippen LogP contribution in [0.15, 0.2) is 97.1 Å². The van der Waals surface area contributed by atoms with Crippen LogP contribution in [0, 0.1) is 23.5 Å². The van der Waals surface area contributed by atoms with Crippen molar-refractivity contribution in [3.8, 4) is 86.3 Å². The van der Waals surface area contributed by atoms with Crippen LogP contribution in [0.2, 0.25) is 0 Å². The maximum atomic E-state index is 18.9. The van der Waals surface area contributed by atoms with Crippen molar-refractivity contribution in [3.63, 3.8) is 0 Å². The minimum atomic E-state index is -0.616. The third-order valence-corrected chi connectivity index (χ3v) is 26.5.